The summed E-state index contributed by atoms with van der Waals surface area (Å²) in [4.78, 5) is 3.72. The Morgan fingerprint density at radius 2 is 1.70 bits per heavy atom. The summed E-state index contributed by atoms with van der Waals surface area (Å²) in [6.45, 7) is 1.08. The first-order chi connectivity index (χ1) is 12.6. The molecule has 0 saturated carbocycles. The van der Waals surface area contributed by atoms with Crippen LogP contribution in [-0.2, 0) is 18.3 Å². The third-order valence-corrected chi connectivity index (χ3v) is 3.89. The van der Waals surface area contributed by atoms with Crippen molar-refractivity contribution in [1.29, 1.82) is 0 Å². The van der Waals surface area contributed by atoms with Crippen molar-refractivity contribution in [1.82, 2.24) is 14.8 Å². The molecule has 2 aromatic carbocycles. The van der Waals surface area contributed by atoms with Crippen LogP contribution in [0.3, 0.4) is 0 Å². The SMILES string of the molecule is CC(O)(Cn1cncn1)c1ccc(Oc2ccc(O)cc2)cc1C(F)(F)F. The smallest absolute Gasteiger partial charge is 0.416 e. The van der Waals surface area contributed by atoms with Gasteiger partial charge in [0.1, 0.15) is 35.5 Å². The van der Waals surface area contributed by atoms with Gasteiger partial charge in [-0.25, -0.2) is 9.67 Å². The van der Waals surface area contributed by atoms with Crippen molar-refractivity contribution in [2.24, 2.45) is 0 Å². The number of halogens is 3. The number of hydrogen-bond donors (Lipinski definition) is 2. The fourth-order valence-electron chi connectivity index (χ4n) is 2.66. The van der Waals surface area contributed by atoms with E-state index >= 15 is 0 Å². The maximum Gasteiger partial charge on any atom is 0.416 e. The first-order valence-corrected chi connectivity index (χ1v) is 7.88. The van der Waals surface area contributed by atoms with Crippen LogP contribution in [0.1, 0.15) is 18.1 Å². The van der Waals surface area contributed by atoms with Crippen molar-refractivity contribution in [3.05, 3.63) is 66.2 Å². The summed E-state index contributed by atoms with van der Waals surface area (Å²) in [5.74, 6) is 0.231. The normalized spacial score (nSPS) is 14.0. The average molecular weight is 379 g/mol. The molecule has 1 unspecified atom stereocenters. The van der Waals surface area contributed by atoms with E-state index in [-0.39, 0.29) is 29.4 Å². The molecule has 0 bridgehead atoms. The second-order valence-corrected chi connectivity index (χ2v) is 6.17. The molecule has 1 heterocycles. The topological polar surface area (TPSA) is 80.4 Å². The molecule has 27 heavy (non-hydrogen) atoms. The fourth-order valence-corrected chi connectivity index (χ4v) is 2.66. The van der Waals surface area contributed by atoms with E-state index in [2.05, 4.69) is 10.1 Å². The molecule has 2 N–H and O–H groups in total. The Morgan fingerprint density at radius 1 is 1.04 bits per heavy atom. The summed E-state index contributed by atoms with van der Waals surface area (Å²) in [6, 6.07) is 8.92. The van der Waals surface area contributed by atoms with Gasteiger partial charge in [-0.2, -0.15) is 18.3 Å². The van der Waals surface area contributed by atoms with Crippen LogP contribution >= 0.6 is 0 Å². The number of phenolic OH excluding ortho intramolecular Hbond substituents is 1. The molecule has 0 aliphatic heterocycles. The summed E-state index contributed by atoms with van der Waals surface area (Å²) in [7, 11) is 0. The van der Waals surface area contributed by atoms with Crippen LogP contribution in [0.25, 0.3) is 0 Å². The Bertz CT molecular complexity index is 908. The van der Waals surface area contributed by atoms with Gasteiger partial charge in [-0.3, -0.25) is 0 Å². The predicted octanol–water partition coefficient (Wildman–Crippen LogP) is 3.70. The van der Waals surface area contributed by atoms with Crippen molar-refractivity contribution in [3.63, 3.8) is 0 Å². The van der Waals surface area contributed by atoms with Gasteiger partial charge in [0.25, 0.3) is 0 Å². The second-order valence-electron chi connectivity index (χ2n) is 6.17. The lowest BCUT2D eigenvalue weighted by molar-refractivity contribution is -0.140. The van der Waals surface area contributed by atoms with Gasteiger partial charge in [0.2, 0.25) is 0 Å². The van der Waals surface area contributed by atoms with Crippen LogP contribution in [0.15, 0.2) is 55.1 Å². The van der Waals surface area contributed by atoms with E-state index in [1.165, 1.54) is 60.7 Å². The van der Waals surface area contributed by atoms with E-state index in [1.807, 2.05) is 0 Å². The maximum atomic E-state index is 13.6. The van der Waals surface area contributed by atoms with E-state index in [0.717, 1.165) is 6.07 Å². The molecule has 0 radical (unpaired) electrons. The van der Waals surface area contributed by atoms with E-state index in [0.29, 0.717) is 0 Å². The Balaban J connectivity index is 1.95. The molecule has 6 nitrogen and oxygen atoms in total. The van der Waals surface area contributed by atoms with Crippen molar-refractivity contribution in [3.8, 4) is 17.2 Å². The number of rotatable bonds is 5. The molecule has 142 valence electrons. The number of ether oxygens (including phenoxy) is 1. The molecule has 9 heteroatoms. The molecule has 3 aromatic rings. The highest BCUT2D eigenvalue weighted by Crippen LogP contribution is 2.40. The van der Waals surface area contributed by atoms with E-state index in [4.69, 9.17) is 4.74 Å². The predicted molar refractivity (Wildman–Crippen MR) is 89.2 cm³/mol. The molecule has 0 spiro atoms. The molecule has 1 atom stereocenters. The van der Waals surface area contributed by atoms with Gasteiger partial charge in [0, 0.05) is 0 Å². The van der Waals surface area contributed by atoms with Gasteiger partial charge >= 0.3 is 6.18 Å². The van der Waals surface area contributed by atoms with Gasteiger partial charge in [-0.15, -0.1) is 0 Å². The van der Waals surface area contributed by atoms with Crippen LogP contribution in [0, 0.1) is 0 Å². The molecule has 1 aromatic heterocycles. The third-order valence-electron chi connectivity index (χ3n) is 3.89. The van der Waals surface area contributed by atoms with Gasteiger partial charge in [-0.05, 0) is 48.9 Å². The summed E-state index contributed by atoms with van der Waals surface area (Å²) < 4.78 is 47.5. The number of aliphatic hydroxyl groups is 1. The van der Waals surface area contributed by atoms with Gasteiger partial charge in [-0.1, -0.05) is 6.07 Å². The van der Waals surface area contributed by atoms with Crippen molar-refractivity contribution in [2.45, 2.75) is 25.2 Å². The number of aromatic hydroxyl groups is 1. The molecule has 0 saturated heterocycles. The van der Waals surface area contributed by atoms with Crippen molar-refractivity contribution < 1.29 is 28.1 Å². The Labute approximate surface area is 152 Å². The second kappa shape index (κ2) is 6.92. The van der Waals surface area contributed by atoms with Gasteiger partial charge < -0.3 is 14.9 Å². The number of alkyl halides is 3. The first kappa shape index (κ1) is 18.7. The number of benzene rings is 2. The summed E-state index contributed by atoms with van der Waals surface area (Å²) >= 11 is 0. The lowest BCUT2D eigenvalue weighted by atomic mass is 9.90. The Kier molecular flexibility index (Phi) is 4.79. The first-order valence-electron chi connectivity index (χ1n) is 7.88. The summed E-state index contributed by atoms with van der Waals surface area (Å²) in [5.41, 5.74) is -3.15. The van der Waals surface area contributed by atoms with Gasteiger partial charge in [0.15, 0.2) is 0 Å². The number of phenols is 1. The van der Waals surface area contributed by atoms with Crippen LogP contribution < -0.4 is 4.74 Å². The lowest BCUT2D eigenvalue weighted by Crippen LogP contribution is -2.31. The minimum Gasteiger partial charge on any atom is -0.508 e. The molecule has 3 rings (SSSR count). The van der Waals surface area contributed by atoms with Crippen molar-refractivity contribution in [2.75, 3.05) is 0 Å². The molecule has 0 amide bonds. The van der Waals surface area contributed by atoms with Crippen LogP contribution in [0.5, 0.6) is 17.2 Å². The molecule has 0 aliphatic carbocycles. The Hall–Kier alpha value is -3.07. The minimum atomic E-state index is -4.70. The average Bonchev–Trinajstić information content (AvgIpc) is 3.08. The zero-order valence-corrected chi connectivity index (χ0v) is 14.2. The molecular formula is C18H16F3N3O3. The van der Waals surface area contributed by atoms with Crippen LogP contribution in [0.2, 0.25) is 0 Å². The number of hydrogen-bond acceptors (Lipinski definition) is 5. The van der Waals surface area contributed by atoms with E-state index in [9.17, 15) is 23.4 Å². The zero-order chi connectivity index (χ0) is 19.7. The van der Waals surface area contributed by atoms with Crippen LogP contribution in [0.4, 0.5) is 13.2 Å². The highest BCUT2D eigenvalue weighted by molar-refractivity contribution is 5.43. The molecule has 0 aliphatic rings. The largest absolute Gasteiger partial charge is 0.508 e. The van der Waals surface area contributed by atoms with E-state index < -0.39 is 17.3 Å². The minimum absolute atomic E-state index is 0.0119. The summed E-state index contributed by atoms with van der Waals surface area (Å²) in [5, 5.41) is 23.7. The van der Waals surface area contributed by atoms with Crippen molar-refractivity contribution >= 4 is 0 Å². The van der Waals surface area contributed by atoms with E-state index in [1.54, 1.807) is 0 Å². The molecule has 0 fully saturated rings. The fraction of sp³-hybridized carbons (Fsp3) is 0.222. The summed E-state index contributed by atoms with van der Waals surface area (Å²) in [6.07, 6.45) is -2.16. The number of aromatic nitrogens is 3. The van der Waals surface area contributed by atoms with Crippen LogP contribution in [-0.4, -0.2) is 25.0 Å². The molecular weight excluding hydrogens is 363 g/mol. The highest BCUT2D eigenvalue weighted by Gasteiger charge is 2.39. The third kappa shape index (κ3) is 4.37. The zero-order valence-electron chi connectivity index (χ0n) is 14.2. The highest BCUT2D eigenvalue weighted by atomic mass is 19.4. The standard InChI is InChI=1S/C18H16F3N3O3/c1-17(26,9-24-11-22-10-23-24)15-7-6-14(8-16(15)18(19,20)21)27-13-4-2-12(25)3-5-13/h2-8,10-11,25-26H,9H2,1H3. The lowest BCUT2D eigenvalue weighted by Gasteiger charge is -2.27. The monoisotopic (exact) mass is 379 g/mol. The maximum absolute atomic E-state index is 13.6. The Morgan fingerprint density at radius 3 is 2.30 bits per heavy atom. The quantitative estimate of drug-likeness (QED) is 0.707. The number of nitrogens with zero attached hydrogens (tertiary/aromatic N) is 3. The van der Waals surface area contributed by atoms with Gasteiger partial charge in [0.05, 0.1) is 12.1 Å².